The molecule has 5 nitrogen and oxygen atoms in total. The first-order valence-corrected chi connectivity index (χ1v) is 8.87. The highest BCUT2D eigenvalue weighted by atomic mass is 35.5. The van der Waals surface area contributed by atoms with Crippen LogP contribution in [0, 0.1) is 0 Å². The maximum atomic E-state index is 12.2. The van der Waals surface area contributed by atoms with E-state index in [1.54, 1.807) is 24.1 Å². The zero-order valence-electron chi connectivity index (χ0n) is 14.6. The molecule has 0 radical (unpaired) electrons. The molecule has 2 amide bonds. The molecule has 26 heavy (non-hydrogen) atoms. The van der Waals surface area contributed by atoms with E-state index in [4.69, 9.17) is 11.6 Å². The standard InChI is InChI=1S/C20H21ClN4O/c1-25(20(26)22-18-12-6-5-11-17(18)21)13-7-10-16-14-19(24-23-16)15-8-3-2-4-9-15/h2-6,8-9,11-12,14H,7,10,13H2,1H3,(H,22,26)(H,23,24). The molecular weight excluding hydrogens is 348 g/mol. The van der Waals surface area contributed by atoms with E-state index >= 15 is 0 Å². The van der Waals surface area contributed by atoms with Gasteiger partial charge in [-0.3, -0.25) is 5.10 Å². The van der Waals surface area contributed by atoms with Gasteiger partial charge in [0.2, 0.25) is 0 Å². The van der Waals surface area contributed by atoms with Crippen molar-refractivity contribution in [2.24, 2.45) is 0 Å². The van der Waals surface area contributed by atoms with Gasteiger partial charge in [-0.05, 0) is 31.0 Å². The molecule has 0 saturated carbocycles. The predicted molar refractivity (Wildman–Crippen MR) is 105 cm³/mol. The molecule has 0 spiro atoms. The Bertz CT molecular complexity index is 863. The van der Waals surface area contributed by atoms with Crippen LogP contribution in [0.2, 0.25) is 5.02 Å². The van der Waals surface area contributed by atoms with Crippen molar-refractivity contribution in [2.45, 2.75) is 12.8 Å². The lowest BCUT2D eigenvalue weighted by Crippen LogP contribution is -2.32. The van der Waals surface area contributed by atoms with Crippen molar-refractivity contribution in [2.75, 3.05) is 18.9 Å². The highest BCUT2D eigenvalue weighted by molar-refractivity contribution is 6.33. The molecule has 0 bridgehead atoms. The summed E-state index contributed by atoms with van der Waals surface area (Å²) in [5.41, 5.74) is 3.70. The van der Waals surface area contributed by atoms with Crippen molar-refractivity contribution in [3.8, 4) is 11.3 Å². The summed E-state index contributed by atoms with van der Waals surface area (Å²) in [7, 11) is 1.77. The minimum atomic E-state index is -0.173. The molecule has 6 heteroatoms. The molecule has 134 valence electrons. The summed E-state index contributed by atoms with van der Waals surface area (Å²) in [6, 6.07) is 19.1. The van der Waals surface area contributed by atoms with Crippen LogP contribution >= 0.6 is 11.6 Å². The quantitative estimate of drug-likeness (QED) is 0.654. The molecule has 0 fully saturated rings. The largest absolute Gasteiger partial charge is 0.328 e. The second-order valence-electron chi connectivity index (χ2n) is 6.08. The molecule has 2 aromatic carbocycles. The van der Waals surface area contributed by atoms with Crippen LogP contribution in [0.25, 0.3) is 11.3 Å². The highest BCUT2D eigenvalue weighted by Crippen LogP contribution is 2.21. The monoisotopic (exact) mass is 368 g/mol. The van der Waals surface area contributed by atoms with Crippen molar-refractivity contribution in [1.82, 2.24) is 15.1 Å². The molecule has 1 aromatic heterocycles. The first kappa shape index (κ1) is 18.0. The summed E-state index contributed by atoms with van der Waals surface area (Å²) in [5.74, 6) is 0. The molecule has 0 atom stereocenters. The normalized spacial score (nSPS) is 10.5. The maximum absolute atomic E-state index is 12.2. The average molecular weight is 369 g/mol. The Balaban J connectivity index is 1.48. The fourth-order valence-corrected chi connectivity index (χ4v) is 2.81. The van der Waals surface area contributed by atoms with Crippen LogP contribution in [0.3, 0.4) is 0 Å². The number of nitrogens with zero attached hydrogens (tertiary/aromatic N) is 2. The van der Waals surface area contributed by atoms with Crippen molar-refractivity contribution in [1.29, 1.82) is 0 Å². The predicted octanol–water partition coefficient (Wildman–Crippen LogP) is 4.83. The number of nitrogens with one attached hydrogen (secondary N) is 2. The number of hydrogen-bond acceptors (Lipinski definition) is 2. The van der Waals surface area contributed by atoms with E-state index in [-0.39, 0.29) is 6.03 Å². The van der Waals surface area contributed by atoms with E-state index in [2.05, 4.69) is 21.6 Å². The molecule has 3 rings (SSSR count). The number of para-hydroxylation sites is 1. The summed E-state index contributed by atoms with van der Waals surface area (Å²) >= 11 is 6.07. The van der Waals surface area contributed by atoms with Crippen LogP contribution in [-0.2, 0) is 6.42 Å². The van der Waals surface area contributed by atoms with Crippen LogP contribution in [0.1, 0.15) is 12.1 Å². The number of halogens is 1. The number of aryl methyl sites for hydroxylation is 1. The third-order valence-corrected chi connectivity index (χ3v) is 4.43. The van der Waals surface area contributed by atoms with Gasteiger partial charge < -0.3 is 10.2 Å². The smallest absolute Gasteiger partial charge is 0.321 e. The Hall–Kier alpha value is -2.79. The summed E-state index contributed by atoms with van der Waals surface area (Å²) in [5, 5.41) is 10.8. The molecule has 3 aromatic rings. The number of aromatic nitrogens is 2. The fourth-order valence-electron chi connectivity index (χ4n) is 2.63. The molecule has 2 N–H and O–H groups in total. The van der Waals surface area contributed by atoms with E-state index in [0.717, 1.165) is 29.8 Å². The second-order valence-corrected chi connectivity index (χ2v) is 6.49. The van der Waals surface area contributed by atoms with Crippen molar-refractivity contribution >= 4 is 23.3 Å². The first-order chi connectivity index (χ1) is 12.6. The number of hydrogen-bond donors (Lipinski definition) is 2. The van der Waals surface area contributed by atoms with Gasteiger partial charge in [-0.25, -0.2) is 4.79 Å². The van der Waals surface area contributed by atoms with Gasteiger partial charge in [0.25, 0.3) is 0 Å². The van der Waals surface area contributed by atoms with Gasteiger partial charge in [-0.15, -0.1) is 0 Å². The first-order valence-electron chi connectivity index (χ1n) is 8.50. The van der Waals surface area contributed by atoms with Crippen molar-refractivity contribution in [3.05, 3.63) is 71.4 Å². The minimum Gasteiger partial charge on any atom is -0.328 e. The van der Waals surface area contributed by atoms with Crippen LogP contribution < -0.4 is 5.32 Å². The third kappa shape index (κ3) is 4.64. The lowest BCUT2D eigenvalue weighted by atomic mass is 10.1. The molecule has 1 heterocycles. The van der Waals surface area contributed by atoms with E-state index in [1.165, 1.54) is 0 Å². The van der Waals surface area contributed by atoms with Gasteiger partial charge in [0, 0.05) is 24.8 Å². The molecule has 0 aliphatic rings. The summed E-state index contributed by atoms with van der Waals surface area (Å²) in [6.45, 7) is 0.635. The number of H-pyrrole nitrogens is 1. The number of carbonyl (C=O) groups is 1. The van der Waals surface area contributed by atoms with Gasteiger partial charge in [-0.2, -0.15) is 5.10 Å². The number of rotatable bonds is 6. The van der Waals surface area contributed by atoms with Gasteiger partial charge in [0.1, 0.15) is 0 Å². The van der Waals surface area contributed by atoms with Crippen LogP contribution in [0.5, 0.6) is 0 Å². The molecular formula is C20H21ClN4O. The highest BCUT2D eigenvalue weighted by Gasteiger charge is 2.11. The molecule has 0 saturated heterocycles. The Morgan fingerprint density at radius 3 is 2.65 bits per heavy atom. The Morgan fingerprint density at radius 1 is 1.15 bits per heavy atom. The van der Waals surface area contributed by atoms with Crippen molar-refractivity contribution < 1.29 is 4.79 Å². The van der Waals surface area contributed by atoms with Gasteiger partial charge >= 0.3 is 6.03 Å². The number of amides is 2. The Morgan fingerprint density at radius 2 is 1.88 bits per heavy atom. The van der Waals surface area contributed by atoms with E-state index in [9.17, 15) is 4.79 Å². The average Bonchev–Trinajstić information content (AvgIpc) is 3.13. The fraction of sp³-hybridized carbons (Fsp3) is 0.200. The maximum Gasteiger partial charge on any atom is 0.321 e. The minimum absolute atomic E-state index is 0.173. The zero-order valence-corrected chi connectivity index (χ0v) is 15.3. The summed E-state index contributed by atoms with van der Waals surface area (Å²) in [6.07, 6.45) is 1.66. The lowest BCUT2D eigenvalue weighted by Gasteiger charge is -2.18. The van der Waals surface area contributed by atoms with E-state index in [1.807, 2.05) is 42.5 Å². The van der Waals surface area contributed by atoms with Crippen molar-refractivity contribution in [3.63, 3.8) is 0 Å². The molecule has 0 aliphatic heterocycles. The van der Waals surface area contributed by atoms with E-state index in [0.29, 0.717) is 17.3 Å². The summed E-state index contributed by atoms with van der Waals surface area (Å²) < 4.78 is 0. The van der Waals surface area contributed by atoms with E-state index < -0.39 is 0 Å². The number of urea groups is 1. The van der Waals surface area contributed by atoms with Crippen LogP contribution in [0.15, 0.2) is 60.7 Å². The lowest BCUT2D eigenvalue weighted by molar-refractivity contribution is 0.222. The number of aromatic amines is 1. The topological polar surface area (TPSA) is 61.0 Å². The SMILES string of the molecule is CN(CCCc1cc(-c2ccccc2)n[nH]1)C(=O)Nc1ccccc1Cl. The second kappa shape index (κ2) is 8.54. The van der Waals surface area contributed by atoms with Gasteiger partial charge in [0.15, 0.2) is 0 Å². The van der Waals surface area contributed by atoms with Gasteiger partial charge in [0.05, 0.1) is 16.4 Å². The number of carbonyl (C=O) groups excluding carboxylic acids is 1. The zero-order chi connectivity index (χ0) is 18.4. The van der Waals surface area contributed by atoms with Gasteiger partial charge in [-0.1, -0.05) is 54.1 Å². The molecule has 0 unspecified atom stereocenters. The van der Waals surface area contributed by atoms with Crippen LogP contribution in [0.4, 0.5) is 10.5 Å². The number of anilines is 1. The molecule has 0 aliphatic carbocycles. The van der Waals surface area contributed by atoms with Crippen LogP contribution in [-0.4, -0.2) is 34.7 Å². The summed E-state index contributed by atoms with van der Waals surface area (Å²) in [4.78, 5) is 13.9. The third-order valence-electron chi connectivity index (χ3n) is 4.10. The Kier molecular flexibility index (Phi) is 5.92. The number of benzene rings is 2. The Labute approximate surface area is 158 Å².